The molecule has 5 rings (SSSR count). The number of carbonyl (C=O) groups is 3. The zero-order chi connectivity index (χ0) is 24.4. The Balaban J connectivity index is 1.13. The van der Waals surface area contributed by atoms with Crippen LogP contribution in [0.25, 0.3) is 6.08 Å². The second-order valence-corrected chi connectivity index (χ2v) is 8.86. The molecule has 2 N–H and O–H groups in total. The highest BCUT2D eigenvalue weighted by atomic mass is 16.7. The summed E-state index contributed by atoms with van der Waals surface area (Å²) in [6, 6.07) is 10.2. The Morgan fingerprint density at radius 2 is 1.83 bits per heavy atom. The second kappa shape index (κ2) is 9.69. The van der Waals surface area contributed by atoms with E-state index in [0.717, 1.165) is 18.4 Å². The number of hydrogen-bond donors (Lipinski definition) is 2. The summed E-state index contributed by atoms with van der Waals surface area (Å²) in [5, 5.41) is 11.9. The van der Waals surface area contributed by atoms with E-state index in [1.54, 1.807) is 36.4 Å². The molecule has 0 unspecified atom stereocenters. The number of amides is 1. The zero-order valence-electron chi connectivity index (χ0n) is 19.0. The summed E-state index contributed by atoms with van der Waals surface area (Å²) in [7, 11) is 0. The summed E-state index contributed by atoms with van der Waals surface area (Å²) in [4.78, 5) is 36.0. The zero-order valence-corrected chi connectivity index (χ0v) is 19.0. The van der Waals surface area contributed by atoms with Gasteiger partial charge in [-0.1, -0.05) is 6.07 Å². The van der Waals surface area contributed by atoms with Crippen molar-refractivity contribution in [3.63, 3.8) is 0 Å². The van der Waals surface area contributed by atoms with E-state index in [9.17, 15) is 14.4 Å². The Morgan fingerprint density at radius 1 is 1.03 bits per heavy atom. The van der Waals surface area contributed by atoms with E-state index in [1.165, 1.54) is 0 Å². The monoisotopic (exact) mass is 479 g/mol. The summed E-state index contributed by atoms with van der Waals surface area (Å²) in [5.74, 6) is 1.02. The molecule has 2 aromatic rings. The highest BCUT2D eigenvalue weighted by Gasteiger charge is 2.28. The van der Waals surface area contributed by atoms with E-state index in [0.29, 0.717) is 47.9 Å². The number of aliphatic carboxylic acids is 1. The maximum atomic E-state index is 12.7. The first kappa shape index (κ1) is 22.8. The molecule has 182 valence electrons. The number of Topliss-reactive ketones (excluding diaryl/α,β-unsaturated/α-hetero) is 1. The fourth-order valence-electron chi connectivity index (χ4n) is 4.48. The van der Waals surface area contributed by atoms with Crippen molar-refractivity contribution in [2.24, 2.45) is 11.8 Å². The van der Waals surface area contributed by atoms with E-state index in [2.05, 4.69) is 5.32 Å². The molecule has 9 nitrogen and oxygen atoms in total. The largest absolute Gasteiger partial charge is 0.484 e. The average molecular weight is 479 g/mol. The first-order valence-electron chi connectivity index (χ1n) is 11.6. The number of benzene rings is 2. The van der Waals surface area contributed by atoms with Crippen LogP contribution < -0.4 is 24.3 Å². The van der Waals surface area contributed by atoms with Gasteiger partial charge in [0.25, 0.3) is 5.91 Å². The quantitative estimate of drug-likeness (QED) is 0.580. The number of fused-ring (bicyclic) bond motifs is 2. The lowest BCUT2D eigenvalue weighted by atomic mass is 9.82. The lowest BCUT2D eigenvalue weighted by Gasteiger charge is -2.26. The fraction of sp³-hybridized carbons (Fsp3) is 0.346. The number of hydrogen-bond acceptors (Lipinski definition) is 7. The van der Waals surface area contributed by atoms with Gasteiger partial charge >= 0.3 is 5.97 Å². The minimum Gasteiger partial charge on any atom is -0.484 e. The SMILES string of the molecule is O=C(COc1ccc2c(c1)OC(=Cc1ccc3c(c1)OCO3)C2=O)NCC1CCC(C(=O)O)CC1. The van der Waals surface area contributed by atoms with Crippen LogP contribution in [0, 0.1) is 11.8 Å². The van der Waals surface area contributed by atoms with Gasteiger partial charge in [-0.2, -0.15) is 0 Å². The van der Waals surface area contributed by atoms with Crippen LogP contribution in [0.3, 0.4) is 0 Å². The lowest BCUT2D eigenvalue weighted by Crippen LogP contribution is -2.35. The number of carboxylic acids is 1. The standard InChI is InChI=1S/C26H25NO8/c28-24(27-12-15-1-4-17(5-2-15)26(30)31)13-32-18-6-7-19-21(11-18)35-23(25(19)29)10-16-3-8-20-22(9-16)34-14-33-20/h3,6-11,15,17H,1-2,4-5,12-14H2,(H,27,28)(H,30,31). The first-order chi connectivity index (χ1) is 17.0. The van der Waals surface area contributed by atoms with Crippen molar-refractivity contribution >= 4 is 23.7 Å². The molecule has 2 aromatic carbocycles. The van der Waals surface area contributed by atoms with Crippen LogP contribution >= 0.6 is 0 Å². The second-order valence-electron chi connectivity index (χ2n) is 8.86. The lowest BCUT2D eigenvalue weighted by molar-refractivity contribution is -0.143. The topological polar surface area (TPSA) is 120 Å². The van der Waals surface area contributed by atoms with Crippen LogP contribution in [0.5, 0.6) is 23.0 Å². The molecule has 1 amide bonds. The molecule has 0 spiro atoms. The molecule has 3 aliphatic rings. The summed E-state index contributed by atoms with van der Waals surface area (Å²) < 4.78 is 22.0. The molecular formula is C26H25NO8. The van der Waals surface area contributed by atoms with Gasteiger partial charge in [-0.05, 0) is 67.5 Å². The van der Waals surface area contributed by atoms with Gasteiger partial charge in [-0.15, -0.1) is 0 Å². The molecular weight excluding hydrogens is 454 g/mol. The molecule has 2 aliphatic heterocycles. The Bertz CT molecular complexity index is 1200. The number of rotatable bonds is 7. The molecule has 0 radical (unpaired) electrons. The van der Waals surface area contributed by atoms with Gasteiger partial charge in [0.2, 0.25) is 12.6 Å². The molecule has 1 aliphatic carbocycles. The average Bonchev–Trinajstić information content (AvgIpc) is 3.45. The normalized spacial score (nSPS) is 21.4. The highest BCUT2D eigenvalue weighted by Crippen LogP contribution is 2.37. The number of carboxylic acid groups (broad SMARTS) is 1. The van der Waals surface area contributed by atoms with Gasteiger partial charge < -0.3 is 29.4 Å². The fourth-order valence-corrected chi connectivity index (χ4v) is 4.48. The number of nitrogens with one attached hydrogen (secondary N) is 1. The van der Waals surface area contributed by atoms with Crippen molar-refractivity contribution in [3.05, 3.63) is 53.3 Å². The molecule has 0 atom stereocenters. The maximum Gasteiger partial charge on any atom is 0.306 e. The summed E-state index contributed by atoms with van der Waals surface area (Å²) in [6.07, 6.45) is 4.51. The third kappa shape index (κ3) is 5.08. The number of ether oxygens (including phenoxy) is 4. The van der Waals surface area contributed by atoms with Crippen molar-refractivity contribution in [1.82, 2.24) is 5.32 Å². The number of ketones is 1. The third-order valence-electron chi connectivity index (χ3n) is 6.49. The van der Waals surface area contributed by atoms with Crippen molar-refractivity contribution in [3.8, 4) is 23.0 Å². The molecule has 1 saturated carbocycles. The van der Waals surface area contributed by atoms with Crippen LogP contribution in [0.2, 0.25) is 0 Å². The predicted molar refractivity (Wildman–Crippen MR) is 124 cm³/mol. The molecule has 2 heterocycles. The molecule has 0 aromatic heterocycles. The number of carbonyl (C=O) groups excluding carboxylic acids is 2. The summed E-state index contributed by atoms with van der Waals surface area (Å²) in [5.41, 5.74) is 1.17. The van der Waals surface area contributed by atoms with Crippen molar-refractivity contribution in [2.75, 3.05) is 19.9 Å². The van der Waals surface area contributed by atoms with Gasteiger partial charge in [0.05, 0.1) is 11.5 Å². The van der Waals surface area contributed by atoms with Crippen molar-refractivity contribution < 1.29 is 38.4 Å². The van der Waals surface area contributed by atoms with E-state index < -0.39 is 5.97 Å². The van der Waals surface area contributed by atoms with Gasteiger partial charge in [0.1, 0.15) is 11.5 Å². The summed E-state index contributed by atoms with van der Waals surface area (Å²) >= 11 is 0. The molecule has 0 bridgehead atoms. The van der Waals surface area contributed by atoms with Crippen LogP contribution in [0.1, 0.15) is 41.6 Å². The van der Waals surface area contributed by atoms with Crippen molar-refractivity contribution in [1.29, 1.82) is 0 Å². The van der Waals surface area contributed by atoms with Gasteiger partial charge in [0, 0.05) is 12.6 Å². The highest BCUT2D eigenvalue weighted by molar-refractivity contribution is 6.14. The molecule has 0 saturated heterocycles. The summed E-state index contributed by atoms with van der Waals surface area (Å²) in [6.45, 7) is 0.506. The first-order valence-corrected chi connectivity index (χ1v) is 11.6. The smallest absolute Gasteiger partial charge is 0.306 e. The van der Waals surface area contributed by atoms with Crippen LogP contribution in [0.4, 0.5) is 0 Å². The molecule has 1 fully saturated rings. The van der Waals surface area contributed by atoms with E-state index >= 15 is 0 Å². The Morgan fingerprint density at radius 3 is 2.63 bits per heavy atom. The molecule has 9 heteroatoms. The van der Waals surface area contributed by atoms with Gasteiger partial charge in [0.15, 0.2) is 23.9 Å². The van der Waals surface area contributed by atoms with Gasteiger partial charge in [-0.3, -0.25) is 14.4 Å². The van der Waals surface area contributed by atoms with Crippen LogP contribution in [-0.2, 0) is 9.59 Å². The minimum atomic E-state index is -0.739. The van der Waals surface area contributed by atoms with E-state index in [-0.39, 0.29) is 42.7 Å². The van der Waals surface area contributed by atoms with Crippen LogP contribution in [0.15, 0.2) is 42.2 Å². The third-order valence-corrected chi connectivity index (χ3v) is 6.49. The Kier molecular flexibility index (Phi) is 6.31. The van der Waals surface area contributed by atoms with Crippen LogP contribution in [-0.4, -0.2) is 42.7 Å². The van der Waals surface area contributed by atoms with E-state index in [1.807, 2.05) is 6.07 Å². The minimum absolute atomic E-state index is 0.170. The predicted octanol–water partition coefficient (Wildman–Crippen LogP) is 3.42. The Hall–Kier alpha value is -4.01. The van der Waals surface area contributed by atoms with Gasteiger partial charge in [-0.25, -0.2) is 0 Å². The van der Waals surface area contributed by atoms with E-state index in [4.69, 9.17) is 24.1 Å². The molecule has 35 heavy (non-hydrogen) atoms. The Labute approximate surface area is 201 Å². The number of allylic oxidation sites excluding steroid dienone is 1. The maximum absolute atomic E-state index is 12.7. The van der Waals surface area contributed by atoms with Crippen molar-refractivity contribution in [2.45, 2.75) is 25.7 Å².